The van der Waals surface area contributed by atoms with E-state index in [2.05, 4.69) is 16.7 Å². The maximum atomic E-state index is 5.66. The number of nitrogens with zero attached hydrogens (tertiary/aromatic N) is 2. The number of piperazine rings is 1. The summed E-state index contributed by atoms with van der Waals surface area (Å²) < 4.78 is 5.36. The van der Waals surface area contributed by atoms with Crippen molar-refractivity contribution < 1.29 is 4.74 Å². The van der Waals surface area contributed by atoms with Crippen molar-refractivity contribution >= 4 is 0 Å². The lowest BCUT2D eigenvalue weighted by atomic mass is 10.2. The summed E-state index contributed by atoms with van der Waals surface area (Å²) in [6, 6.07) is 0.527. The SMILES string of the molecule is CCOCCN1CCN(C(C)CN)CC1. The second-order valence-electron chi connectivity index (χ2n) is 4.16. The van der Waals surface area contributed by atoms with Gasteiger partial charge in [0.25, 0.3) is 0 Å². The molecule has 1 heterocycles. The third kappa shape index (κ3) is 4.47. The molecule has 15 heavy (non-hydrogen) atoms. The van der Waals surface area contributed by atoms with Gasteiger partial charge in [-0.1, -0.05) is 0 Å². The van der Waals surface area contributed by atoms with E-state index in [1.165, 1.54) is 0 Å². The van der Waals surface area contributed by atoms with Crippen LogP contribution in [0.15, 0.2) is 0 Å². The van der Waals surface area contributed by atoms with Crippen molar-refractivity contribution in [3.05, 3.63) is 0 Å². The summed E-state index contributed by atoms with van der Waals surface area (Å²) in [5.74, 6) is 0. The Morgan fingerprint density at radius 3 is 2.47 bits per heavy atom. The van der Waals surface area contributed by atoms with E-state index >= 15 is 0 Å². The summed E-state index contributed by atoms with van der Waals surface area (Å²) in [5, 5.41) is 0. The molecule has 0 saturated carbocycles. The summed E-state index contributed by atoms with van der Waals surface area (Å²) >= 11 is 0. The van der Waals surface area contributed by atoms with Crippen LogP contribution in [-0.4, -0.2) is 68.3 Å². The van der Waals surface area contributed by atoms with Crippen molar-refractivity contribution in [1.29, 1.82) is 0 Å². The smallest absolute Gasteiger partial charge is 0.0593 e. The van der Waals surface area contributed by atoms with Crippen LogP contribution in [0.5, 0.6) is 0 Å². The van der Waals surface area contributed by atoms with Crippen molar-refractivity contribution in [2.24, 2.45) is 5.73 Å². The van der Waals surface area contributed by atoms with Gasteiger partial charge in [0.2, 0.25) is 0 Å². The van der Waals surface area contributed by atoms with Crippen molar-refractivity contribution in [3.8, 4) is 0 Å². The highest BCUT2D eigenvalue weighted by Crippen LogP contribution is 2.04. The van der Waals surface area contributed by atoms with E-state index < -0.39 is 0 Å². The maximum Gasteiger partial charge on any atom is 0.0593 e. The van der Waals surface area contributed by atoms with Gasteiger partial charge in [0.1, 0.15) is 0 Å². The predicted octanol–water partition coefficient (Wildman–Crippen LogP) is -0.0123. The normalized spacial score (nSPS) is 21.8. The molecular formula is C11H25N3O. The largest absolute Gasteiger partial charge is 0.380 e. The lowest BCUT2D eigenvalue weighted by Crippen LogP contribution is -2.51. The predicted molar refractivity (Wildman–Crippen MR) is 63.0 cm³/mol. The van der Waals surface area contributed by atoms with Crippen molar-refractivity contribution in [1.82, 2.24) is 9.80 Å². The quantitative estimate of drug-likeness (QED) is 0.633. The zero-order valence-corrected chi connectivity index (χ0v) is 10.1. The topological polar surface area (TPSA) is 41.7 Å². The highest BCUT2D eigenvalue weighted by atomic mass is 16.5. The zero-order valence-electron chi connectivity index (χ0n) is 10.1. The van der Waals surface area contributed by atoms with Gasteiger partial charge in [0.15, 0.2) is 0 Å². The fourth-order valence-corrected chi connectivity index (χ4v) is 1.91. The van der Waals surface area contributed by atoms with Crippen LogP contribution in [0.3, 0.4) is 0 Å². The average Bonchev–Trinajstić information content (AvgIpc) is 2.29. The molecule has 0 radical (unpaired) electrons. The van der Waals surface area contributed by atoms with Gasteiger partial charge in [0.05, 0.1) is 6.61 Å². The van der Waals surface area contributed by atoms with Crippen LogP contribution in [0.25, 0.3) is 0 Å². The summed E-state index contributed by atoms with van der Waals surface area (Å²) in [6.07, 6.45) is 0. The minimum atomic E-state index is 0.527. The van der Waals surface area contributed by atoms with Gasteiger partial charge in [-0.2, -0.15) is 0 Å². The Hall–Kier alpha value is -0.160. The molecule has 0 aromatic heterocycles. The molecule has 0 aromatic rings. The van der Waals surface area contributed by atoms with Gasteiger partial charge < -0.3 is 10.5 Å². The minimum absolute atomic E-state index is 0.527. The van der Waals surface area contributed by atoms with Crippen LogP contribution < -0.4 is 5.73 Å². The van der Waals surface area contributed by atoms with E-state index in [-0.39, 0.29) is 0 Å². The fraction of sp³-hybridized carbons (Fsp3) is 1.00. The first-order valence-corrected chi connectivity index (χ1v) is 6.02. The molecule has 0 bridgehead atoms. The number of hydrogen-bond acceptors (Lipinski definition) is 4. The fourth-order valence-electron chi connectivity index (χ4n) is 1.91. The third-order valence-corrected chi connectivity index (χ3v) is 3.13. The molecule has 0 amide bonds. The molecule has 0 aromatic carbocycles. The molecule has 4 heteroatoms. The Bertz CT molecular complexity index is 158. The standard InChI is InChI=1S/C11H25N3O/c1-3-15-9-8-13-4-6-14(7-5-13)11(2)10-12/h11H,3-10,12H2,1-2H3. The van der Waals surface area contributed by atoms with Crippen LogP contribution in [0, 0.1) is 0 Å². The molecule has 0 aliphatic carbocycles. The van der Waals surface area contributed by atoms with Crippen LogP contribution in [0.2, 0.25) is 0 Å². The summed E-state index contributed by atoms with van der Waals surface area (Å²) in [5.41, 5.74) is 5.66. The third-order valence-electron chi connectivity index (χ3n) is 3.13. The number of nitrogens with two attached hydrogens (primary N) is 1. The van der Waals surface area contributed by atoms with Crippen LogP contribution in [0.1, 0.15) is 13.8 Å². The van der Waals surface area contributed by atoms with Gasteiger partial charge >= 0.3 is 0 Å². The maximum absolute atomic E-state index is 5.66. The zero-order chi connectivity index (χ0) is 11.1. The highest BCUT2D eigenvalue weighted by molar-refractivity contribution is 4.76. The number of hydrogen-bond donors (Lipinski definition) is 1. The Morgan fingerprint density at radius 1 is 1.27 bits per heavy atom. The first kappa shape index (κ1) is 12.9. The Kier molecular flexibility index (Phi) is 6.17. The molecule has 1 rings (SSSR count). The number of rotatable bonds is 6. The molecule has 90 valence electrons. The minimum Gasteiger partial charge on any atom is -0.380 e. The molecular weight excluding hydrogens is 190 g/mol. The van der Waals surface area contributed by atoms with Crippen LogP contribution >= 0.6 is 0 Å². The summed E-state index contributed by atoms with van der Waals surface area (Å²) in [4.78, 5) is 4.94. The monoisotopic (exact) mass is 215 g/mol. The van der Waals surface area contributed by atoms with Gasteiger partial charge in [-0.15, -0.1) is 0 Å². The lowest BCUT2D eigenvalue weighted by Gasteiger charge is -2.37. The molecule has 1 saturated heterocycles. The molecule has 4 nitrogen and oxygen atoms in total. The molecule has 1 fully saturated rings. The first-order valence-electron chi connectivity index (χ1n) is 6.02. The van der Waals surface area contributed by atoms with E-state index in [9.17, 15) is 0 Å². The lowest BCUT2D eigenvalue weighted by molar-refractivity contribution is 0.0691. The van der Waals surface area contributed by atoms with Gasteiger partial charge in [-0.3, -0.25) is 9.80 Å². The summed E-state index contributed by atoms with van der Waals surface area (Å²) in [6.45, 7) is 12.4. The molecule has 1 unspecified atom stereocenters. The van der Waals surface area contributed by atoms with Gasteiger partial charge in [-0.25, -0.2) is 0 Å². The average molecular weight is 215 g/mol. The first-order chi connectivity index (χ1) is 7.27. The van der Waals surface area contributed by atoms with E-state index in [1.54, 1.807) is 0 Å². The second-order valence-corrected chi connectivity index (χ2v) is 4.16. The highest BCUT2D eigenvalue weighted by Gasteiger charge is 2.19. The second kappa shape index (κ2) is 7.17. The van der Waals surface area contributed by atoms with E-state index in [4.69, 9.17) is 10.5 Å². The van der Waals surface area contributed by atoms with Crippen LogP contribution in [-0.2, 0) is 4.74 Å². The Balaban J connectivity index is 2.12. The van der Waals surface area contributed by atoms with E-state index in [1.807, 2.05) is 6.92 Å². The Morgan fingerprint density at radius 2 is 1.93 bits per heavy atom. The van der Waals surface area contributed by atoms with E-state index in [0.29, 0.717) is 6.04 Å². The van der Waals surface area contributed by atoms with Crippen molar-refractivity contribution in [2.75, 3.05) is 52.5 Å². The Labute approximate surface area is 93.4 Å². The molecule has 1 atom stereocenters. The van der Waals surface area contributed by atoms with Crippen molar-refractivity contribution in [3.63, 3.8) is 0 Å². The van der Waals surface area contributed by atoms with Gasteiger partial charge in [0, 0.05) is 51.9 Å². The molecule has 1 aliphatic heterocycles. The molecule has 2 N–H and O–H groups in total. The molecule has 1 aliphatic rings. The summed E-state index contributed by atoms with van der Waals surface area (Å²) in [7, 11) is 0. The molecule has 0 spiro atoms. The number of ether oxygens (including phenoxy) is 1. The van der Waals surface area contributed by atoms with Gasteiger partial charge in [-0.05, 0) is 13.8 Å². The van der Waals surface area contributed by atoms with E-state index in [0.717, 1.165) is 52.5 Å². The van der Waals surface area contributed by atoms with Crippen LogP contribution in [0.4, 0.5) is 0 Å². The van der Waals surface area contributed by atoms with Crippen molar-refractivity contribution in [2.45, 2.75) is 19.9 Å².